The van der Waals surface area contributed by atoms with Crippen molar-refractivity contribution in [2.75, 3.05) is 17.2 Å². The highest BCUT2D eigenvalue weighted by Crippen LogP contribution is 2.39. The van der Waals surface area contributed by atoms with E-state index in [4.69, 9.17) is 0 Å². The first-order valence-corrected chi connectivity index (χ1v) is 11.2. The summed E-state index contributed by atoms with van der Waals surface area (Å²) in [5, 5.41) is 17.5. The number of nitro groups is 1. The number of likely N-dealkylation sites (tertiary alicyclic amines) is 1. The molecule has 0 unspecified atom stereocenters. The van der Waals surface area contributed by atoms with Crippen LogP contribution in [-0.4, -0.2) is 28.2 Å². The molecule has 2 aliphatic heterocycles. The Morgan fingerprint density at radius 3 is 2.49 bits per heavy atom. The van der Waals surface area contributed by atoms with Crippen molar-refractivity contribution < 1.29 is 14.5 Å². The summed E-state index contributed by atoms with van der Waals surface area (Å²) >= 11 is 0. The zero-order valence-corrected chi connectivity index (χ0v) is 18.7. The Labute approximate surface area is 201 Å². The lowest BCUT2D eigenvalue weighted by Gasteiger charge is -2.15. The van der Waals surface area contributed by atoms with Gasteiger partial charge >= 0.3 is 0 Å². The average Bonchev–Trinajstić information content (AvgIpc) is 3.43. The lowest BCUT2D eigenvalue weighted by atomic mass is 9.99. The highest BCUT2D eigenvalue weighted by molar-refractivity contribution is 6.37. The number of hydrogen-bond acceptors (Lipinski definition) is 5. The Bertz CT molecular complexity index is 1380. The predicted molar refractivity (Wildman–Crippen MR) is 135 cm³/mol. The van der Waals surface area contributed by atoms with Crippen LogP contribution in [0, 0.1) is 10.1 Å². The van der Waals surface area contributed by atoms with E-state index in [1.54, 1.807) is 11.0 Å². The monoisotopic (exact) mass is 466 g/mol. The Morgan fingerprint density at radius 1 is 1.03 bits per heavy atom. The number of nitrogens with zero attached hydrogens (tertiary/aromatic N) is 2. The highest BCUT2D eigenvalue weighted by Gasteiger charge is 2.30. The van der Waals surface area contributed by atoms with Gasteiger partial charge in [0.2, 0.25) is 5.91 Å². The second kappa shape index (κ2) is 9.26. The van der Waals surface area contributed by atoms with Crippen molar-refractivity contribution >= 4 is 46.2 Å². The van der Waals surface area contributed by atoms with Crippen LogP contribution in [0.2, 0.25) is 0 Å². The van der Waals surface area contributed by atoms with E-state index in [1.165, 1.54) is 12.1 Å². The molecular weight excluding hydrogens is 444 g/mol. The Morgan fingerprint density at radius 2 is 1.80 bits per heavy atom. The van der Waals surface area contributed by atoms with E-state index in [9.17, 15) is 19.7 Å². The molecule has 0 aliphatic carbocycles. The van der Waals surface area contributed by atoms with Crippen LogP contribution in [0.1, 0.15) is 29.5 Å². The Balaban J connectivity index is 1.50. The largest absolute Gasteiger partial charge is 0.354 e. The van der Waals surface area contributed by atoms with Gasteiger partial charge in [0, 0.05) is 48.2 Å². The number of amides is 2. The number of hydrogen-bond donors (Lipinski definition) is 2. The van der Waals surface area contributed by atoms with Crippen LogP contribution in [0.25, 0.3) is 17.3 Å². The zero-order chi connectivity index (χ0) is 24.4. The summed E-state index contributed by atoms with van der Waals surface area (Å²) in [6.45, 7) is 0.741. The fraction of sp³-hybridized carbons (Fsp3) is 0.111. The fourth-order valence-electron chi connectivity index (χ4n) is 4.23. The molecule has 5 rings (SSSR count). The summed E-state index contributed by atoms with van der Waals surface area (Å²) in [7, 11) is 0. The van der Waals surface area contributed by atoms with Crippen LogP contribution in [0.4, 0.5) is 17.1 Å². The second-order valence-electron chi connectivity index (χ2n) is 8.31. The van der Waals surface area contributed by atoms with Gasteiger partial charge in [0.05, 0.1) is 16.2 Å². The number of non-ortho nitro benzene ring substituents is 1. The number of nitrogens with one attached hydrogen (secondary N) is 2. The van der Waals surface area contributed by atoms with E-state index in [0.29, 0.717) is 28.9 Å². The van der Waals surface area contributed by atoms with Crippen LogP contribution < -0.4 is 10.6 Å². The van der Waals surface area contributed by atoms with Crippen LogP contribution in [0.15, 0.2) is 79.0 Å². The molecular formula is C27H22N4O4. The molecule has 0 bridgehead atoms. The van der Waals surface area contributed by atoms with Crippen molar-refractivity contribution in [2.45, 2.75) is 12.8 Å². The third kappa shape index (κ3) is 4.54. The number of carbonyl (C=O) groups is 2. The van der Waals surface area contributed by atoms with Crippen molar-refractivity contribution in [3.05, 3.63) is 106 Å². The molecule has 174 valence electrons. The number of benzene rings is 3. The minimum Gasteiger partial charge on any atom is -0.354 e. The molecule has 0 spiro atoms. The third-order valence-corrected chi connectivity index (χ3v) is 6.01. The summed E-state index contributed by atoms with van der Waals surface area (Å²) in [5.41, 5.74) is 4.26. The number of carbonyl (C=O) groups excluding carboxylic acids is 2. The molecule has 0 radical (unpaired) electrons. The summed E-state index contributed by atoms with van der Waals surface area (Å²) < 4.78 is 0. The molecule has 3 aromatic rings. The van der Waals surface area contributed by atoms with Crippen LogP contribution in [0.3, 0.4) is 0 Å². The SMILES string of the molecule is O=C1Nc2ccc([N+](=O)[O-])cc2C1=C(Nc1ccc(/C=C\N2CCCC2=O)cc1)c1ccccc1. The van der Waals surface area contributed by atoms with E-state index < -0.39 is 4.92 Å². The number of rotatable bonds is 6. The summed E-state index contributed by atoms with van der Waals surface area (Å²) in [4.78, 5) is 37.4. The van der Waals surface area contributed by atoms with Crippen LogP contribution in [0.5, 0.6) is 0 Å². The molecule has 0 aromatic heterocycles. The predicted octanol–water partition coefficient (Wildman–Crippen LogP) is 5.12. The molecule has 1 saturated heterocycles. The number of nitro benzene ring substituents is 1. The van der Waals surface area contributed by atoms with Gasteiger partial charge in [-0.3, -0.25) is 19.7 Å². The lowest BCUT2D eigenvalue weighted by molar-refractivity contribution is -0.384. The summed E-state index contributed by atoms with van der Waals surface area (Å²) in [6, 6.07) is 21.3. The standard InChI is InChI=1S/C27H22N4O4/c32-24-7-4-15-30(24)16-14-18-8-10-20(11-9-18)28-26(19-5-2-1-3-6-19)25-22-17-21(31(34)35)12-13-23(22)29-27(25)33/h1-3,5-6,8-14,16-17,28H,4,7,15H2,(H,29,33)/b16-14-,26-25?. The molecule has 0 atom stereocenters. The van der Waals surface area contributed by atoms with Crippen molar-refractivity contribution in [3.8, 4) is 0 Å². The van der Waals surface area contributed by atoms with Gasteiger partial charge < -0.3 is 15.5 Å². The van der Waals surface area contributed by atoms with E-state index >= 15 is 0 Å². The molecule has 2 aliphatic rings. The Kier molecular flexibility index (Phi) is 5.85. The Hall–Kier alpha value is -4.72. The minimum absolute atomic E-state index is 0.0854. The molecule has 3 aromatic carbocycles. The van der Waals surface area contributed by atoms with E-state index in [-0.39, 0.29) is 17.5 Å². The van der Waals surface area contributed by atoms with Crippen LogP contribution in [-0.2, 0) is 9.59 Å². The zero-order valence-electron chi connectivity index (χ0n) is 18.7. The molecule has 2 amide bonds. The molecule has 1 fully saturated rings. The maximum Gasteiger partial charge on any atom is 0.270 e. The van der Waals surface area contributed by atoms with Crippen molar-refractivity contribution in [2.24, 2.45) is 0 Å². The first-order chi connectivity index (χ1) is 17.0. The van der Waals surface area contributed by atoms with E-state index in [0.717, 1.165) is 29.8 Å². The topological polar surface area (TPSA) is 105 Å². The van der Waals surface area contributed by atoms with Gasteiger partial charge in [0.1, 0.15) is 0 Å². The van der Waals surface area contributed by atoms with Gasteiger partial charge in [0.15, 0.2) is 0 Å². The van der Waals surface area contributed by atoms with Crippen molar-refractivity contribution in [1.82, 2.24) is 4.90 Å². The van der Waals surface area contributed by atoms with E-state index in [2.05, 4.69) is 10.6 Å². The third-order valence-electron chi connectivity index (χ3n) is 6.01. The first kappa shape index (κ1) is 22.1. The minimum atomic E-state index is -0.474. The summed E-state index contributed by atoms with van der Waals surface area (Å²) in [5.74, 6) is -0.198. The molecule has 8 nitrogen and oxygen atoms in total. The van der Waals surface area contributed by atoms with Crippen LogP contribution >= 0.6 is 0 Å². The first-order valence-electron chi connectivity index (χ1n) is 11.2. The molecule has 8 heteroatoms. The van der Waals surface area contributed by atoms with Crippen molar-refractivity contribution in [1.29, 1.82) is 0 Å². The molecule has 2 N–H and O–H groups in total. The maximum absolute atomic E-state index is 13.0. The van der Waals surface area contributed by atoms with E-state index in [1.807, 2.05) is 66.9 Å². The quantitative estimate of drug-likeness (QED) is 0.298. The van der Waals surface area contributed by atoms with Gasteiger partial charge in [-0.1, -0.05) is 42.5 Å². The maximum atomic E-state index is 13.0. The molecule has 0 saturated carbocycles. The van der Waals surface area contributed by atoms with Gasteiger partial charge in [-0.25, -0.2) is 0 Å². The average molecular weight is 466 g/mol. The smallest absolute Gasteiger partial charge is 0.270 e. The van der Waals surface area contributed by atoms with Gasteiger partial charge in [-0.05, 0) is 41.8 Å². The van der Waals surface area contributed by atoms with Gasteiger partial charge in [0.25, 0.3) is 11.6 Å². The number of fused-ring (bicyclic) bond motifs is 1. The molecule has 35 heavy (non-hydrogen) atoms. The fourth-order valence-corrected chi connectivity index (χ4v) is 4.23. The van der Waals surface area contributed by atoms with Gasteiger partial charge in [-0.15, -0.1) is 0 Å². The molecule has 2 heterocycles. The highest BCUT2D eigenvalue weighted by atomic mass is 16.6. The lowest BCUT2D eigenvalue weighted by Crippen LogP contribution is -2.16. The second-order valence-corrected chi connectivity index (χ2v) is 8.31. The normalized spacial score (nSPS) is 16.4. The van der Waals surface area contributed by atoms with Gasteiger partial charge in [-0.2, -0.15) is 0 Å². The number of anilines is 2. The van der Waals surface area contributed by atoms with Crippen molar-refractivity contribution in [3.63, 3.8) is 0 Å². The summed E-state index contributed by atoms with van der Waals surface area (Å²) in [6.07, 6.45) is 5.16.